The molecule has 15 nitrogen and oxygen atoms in total. The Hall–Kier alpha value is -7.62. The average Bonchev–Trinajstić information content (AvgIpc) is 4.11. The van der Waals surface area contributed by atoms with Crippen molar-refractivity contribution in [2.24, 2.45) is 0 Å². The molecule has 4 amide bonds. The Labute approximate surface area is 357 Å². The minimum Gasteiger partial charge on any atom is -0.506 e. The van der Waals surface area contributed by atoms with Crippen LogP contribution in [0.5, 0.6) is 34.5 Å². The van der Waals surface area contributed by atoms with Gasteiger partial charge in [-0.15, -0.1) is 0 Å². The van der Waals surface area contributed by atoms with E-state index in [1.165, 1.54) is 6.07 Å². The van der Waals surface area contributed by atoms with Gasteiger partial charge in [-0.05, 0) is 124 Å². The van der Waals surface area contributed by atoms with Gasteiger partial charge in [0.05, 0.1) is 28.8 Å². The maximum atomic E-state index is 12.1. The molecule has 4 aromatic carbocycles. The number of nitrogens with one attached hydrogen (secondary N) is 4. The highest BCUT2D eigenvalue weighted by molar-refractivity contribution is 5.92. The average molecular weight is 833 g/mol. The third-order valence-corrected chi connectivity index (χ3v) is 10.9. The van der Waals surface area contributed by atoms with Crippen LogP contribution < -0.4 is 35.5 Å². The Morgan fingerprint density at radius 3 is 1.63 bits per heavy atom. The minimum atomic E-state index is -0.201. The molecule has 3 fully saturated rings. The van der Waals surface area contributed by atoms with Gasteiger partial charge in [0.25, 0.3) is 0 Å². The third kappa shape index (κ3) is 9.54. The summed E-state index contributed by atoms with van der Waals surface area (Å²) in [5, 5.41) is 41.7. The molecule has 9 rings (SSSR count). The van der Waals surface area contributed by atoms with Crippen LogP contribution in [0.1, 0.15) is 59.1 Å². The summed E-state index contributed by atoms with van der Waals surface area (Å²) in [4.78, 5) is 32.8. The Morgan fingerprint density at radius 2 is 1.16 bits per heavy atom. The number of anilines is 2. The molecule has 0 radical (unpaired) electrons. The van der Waals surface area contributed by atoms with Crippen LogP contribution in [0.25, 0.3) is 21.8 Å². The minimum absolute atomic E-state index is 0.0957. The second kappa shape index (κ2) is 17.5. The fourth-order valence-corrected chi connectivity index (χ4v) is 6.59. The van der Waals surface area contributed by atoms with Crippen LogP contribution in [0.4, 0.5) is 21.0 Å². The second-order valence-corrected chi connectivity index (χ2v) is 15.5. The smallest absolute Gasteiger partial charge is 0.319 e. The number of carbonyl (C=O) groups excluding carboxylic acids is 2. The molecule has 62 heavy (non-hydrogen) atoms. The number of carbonyl (C=O) groups is 2. The Kier molecular flexibility index (Phi) is 11.6. The molecule has 2 saturated carbocycles. The summed E-state index contributed by atoms with van der Waals surface area (Å²) in [5.41, 5.74) is 6.86. The van der Waals surface area contributed by atoms with Crippen LogP contribution in [0.3, 0.4) is 0 Å². The van der Waals surface area contributed by atoms with Gasteiger partial charge >= 0.3 is 12.1 Å². The summed E-state index contributed by atoms with van der Waals surface area (Å²) in [6.45, 7) is 8.83. The molecule has 3 aliphatic rings. The van der Waals surface area contributed by atoms with Crippen LogP contribution in [-0.4, -0.2) is 58.5 Å². The van der Waals surface area contributed by atoms with Gasteiger partial charge in [0.2, 0.25) is 0 Å². The van der Waals surface area contributed by atoms with Crippen LogP contribution in [-0.2, 0) is 4.74 Å². The number of nitriles is 2. The van der Waals surface area contributed by atoms with Crippen molar-refractivity contribution in [3.63, 3.8) is 0 Å². The molecule has 1 atom stereocenters. The van der Waals surface area contributed by atoms with Crippen molar-refractivity contribution in [1.29, 1.82) is 10.5 Å². The van der Waals surface area contributed by atoms with Crippen molar-refractivity contribution in [3.8, 4) is 46.6 Å². The van der Waals surface area contributed by atoms with Crippen LogP contribution in [0, 0.1) is 50.4 Å². The zero-order valence-electron chi connectivity index (χ0n) is 34.6. The lowest BCUT2D eigenvalue weighted by molar-refractivity contribution is 0.251. The number of aromatic hydroxyl groups is 1. The summed E-state index contributed by atoms with van der Waals surface area (Å²) < 4.78 is 23.3. The van der Waals surface area contributed by atoms with E-state index in [0.717, 1.165) is 59.3 Å². The molecule has 5 N–H and O–H groups in total. The molecule has 2 aliphatic carbocycles. The summed E-state index contributed by atoms with van der Waals surface area (Å²) in [5.74, 6) is 2.78. The highest BCUT2D eigenvalue weighted by Crippen LogP contribution is 2.38. The Balaban J connectivity index is 0.000000172. The Morgan fingerprint density at radius 1 is 0.677 bits per heavy atom. The number of amides is 4. The van der Waals surface area contributed by atoms with Crippen molar-refractivity contribution in [2.75, 3.05) is 23.8 Å². The van der Waals surface area contributed by atoms with Crippen molar-refractivity contribution >= 4 is 45.2 Å². The van der Waals surface area contributed by atoms with Crippen molar-refractivity contribution in [2.45, 2.75) is 71.6 Å². The largest absolute Gasteiger partial charge is 0.506 e. The highest BCUT2D eigenvalue weighted by Gasteiger charge is 2.26. The molecule has 3 heterocycles. The van der Waals surface area contributed by atoms with E-state index in [2.05, 4.69) is 37.3 Å². The van der Waals surface area contributed by atoms with E-state index in [0.29, 0.717) is 75.4 Å². The molecule has 2 aromatic heterocycles. The molecule has 6 aromatic rings. The van der Waals surface area contributed by atoms with Gasteiger partial charge in [0.15, 0.2) is 0 Å². The molecule has 1 saturated heterocycles. The Bertz CT molecular complexity index is 2820. The molecule has 1 aliphatic heterocycles. The lowest BCUT2D eigenvalue weighted by atomic mass is 10.1. The van der Waals surface area contributed by atoms with Crippen LogP contribution >= 0.6 is 0 Å². The first-order valence-corrected chi connectivity index (χ1v) is 20.3. The van der Waals surface area contributed by atoms with Gasteiger partial charge in [-0.25, -0.2) is 9.59 Å². The highest BCUT2D eigenvalue weighted by atomic mass is 16.6. The van der Waals surface area contributed by atoms with E-state index in [-0.39, 0.29) is 35.5 Å². The van der Waals surface area contributed by atoms with Gasteiger partial charge < -0.3 is 45.3 Å². The number of benzene rings is 4. The molecular formula is C47H44N8O7. The second-order valence-electron chi connectivity index (χ2n) is 15.5. The number of hydrogen-bond donors (Lipinski definition) is 5. The summed E-state index contributed by atoms with van der Waals surface area (Å²) in [7, 11) is 0. The van der Waals surface area contributed by atoms with Gasteiger partial charge in [0, 0.05) is 58.8 Å². The first kappa shape index (κ1) is 41.1. The number of epoxide rings is 1. The topological polar surface area (TPSA) is 216 Å². The lowest BCUT2D eigenvalue weighted by Gasteiger charge is -2.16. The molecule has 0 bridgehead atoms. The van der Waals surface area contributed by atoms with Crippen LogP contribution in [0.15, 0.2) is 73.1 Å². The van der Waals surface area contributed by atoms with Gasteiger partial charge in [-0.2, -0.15) is 10.5 Å². The third-order valence-electron chi connectivity index (χ3n) is 10.9. The van der Waals surface area contributed by atoms with E-state index < -0.39 is 0 Å². The number of fused-ring (bicyclic) bond motifs is 2. The predicted molar refractivity (Wildman–Crippen MR) is 232 cm³/mol. The number of urea groups is 2. The first-order chi connectivity index (χ1) is 30.0. The van der Waals surface area contributed by atoms with E-state index in [9.17, 15) is 25.2 Å². The summed E-state index contributed by atoms with van der Waals surface area (Å²) >= 11 is 0. The van der Waals surface area contributed by atoms with Crippen molar-refractivity contribution < 1.29 is 33.6 Å². The number of rotatable bonds is 11. The van der Waals surface area contributed by atoms with E-state index in [1.54, 1.807) is 54.9 Å². The number of ether oxygens (including phenoxy) is 4. The quantitative estimate of drug-likeness (QED) is 0.0776. The molecule has 0 spiro atoms. The van der Waals surface area contributed by atoms with Crippen LogP contribution in [0.2, 0.25) is 0 Å². The van der Waals surface area contributed by atoms with Crippen molar-refractivity contribution in [1.82, 2.24) is 20.6 Å². The molecule has 0 unspecified atom stereocenters. The fraction of sp³-hybridized carbons (Fsp3) is 0.277. The maximum Gasteiger partial charge on any atom is 0.319 e. The van der Waals surface area contributed by atoms with Gasteiger partial charge in [0.1, 0.15) is 59.3 Å². The number of aromatic nitrogens is 2. The number of phenols is 1. The SMILES string of the molecule is Cc1c(NC(=O)NC2CC2)ccc(Oc2ccnc3cc(O)c(C#N)cc23)c1C.Cc1c(NC(=O)NC2CC2)ccc(Oc2ccnc3cc(OC[C@H]4CO4)c(C#N)cc23)c1C. The molecule has 15 heteroatoms. The van der Waals surface area contributed by atoms with Crippen molar-refractivity contribution in [3.05, 3.63) is 106 Å². The molecule has 314 valence electrons. The number of hydrogen-bond acceptors (Lipinski definition) is 11. The van der Waals surface area contributed by atoms with E-state index in [4.69, 9.17) is 18.9 Å². The number of nitrogens with zero attached hydrogens (tertiary/aromatic N) is 4. The monoisotopic (exact) mass is 832 g/mol. The fourth-order valence-electron chi connectivity index (χ4n) is 6.59. The van der Waals surface area contributed by atoms with Gasteiger partial charge in [-0.1, -0.05) is 0 Å². The molecular weight excluding hydrogens is 789 g/mol. The first-order valence-electron chi connectivity index (χ1n) is 20.3. The predicted octanol–water partition coefficient (Wildman–Crippen LogP) is 9.08. The zero-order chi connectivity index (χ0) is 43.5. The summed E-state index contributed by atoms with van der Waals surface area (Å²) in [6, 6.07) is 21.6. The van der Waals surface area contributed by atoms with E-state index in [1.807, 2.05) is 45.9 Å². The lowest BCUT2D eigenvalue weighted by Crippen LogP contribution is -2.30. The summed E-state index contributed by atoms with van der Waals surface area (Å²) in [6.07, 6.45) is 7.48. The maximum absolute atomic E-state index is 12.1. The standard InChI is InChI=1S/C25H24N4O4.C22H20N4O3/c1-14-15(2)22(6-5-20(14)29-25(30)28-17-3-4-17)33-23-7-8-27-21-10-24(32-13-18-12-31-18)16(11-26)9-19(21)23;1-12-13(2)20(6-5-17(12)26-22(28)25-15-3-4-15)29-21-7-8-24-18-10-19(27)14(11-23)9-16(18)21/h5-10,17-18H,3-4,12-13H2,1-2H3,(H2,28,29,30);5-10,15,27H,3-4H2,1-2H3,(H2,25,26,28)/t18-;/m1./s1. The zero-order valence-corrected chi connectivity index (χ0v) is 34.6. The van der Waals surface area contributed by atoms with E-state index >= 15 is 0 Å². The number of phenolic OH excluding ortho intramolecular Hbond substituents is 1. The van der Waals surface area contributed by atoms with Gasteiger partial charge in [-0.3, -0.25) is 9.97 Å². The number of pyridine rings is 2. The normalized spacial score (nSPS) is 15.0.